The fraction of sp³-hybridized carbons (Fsp3) is 0.567. The van der Waals surface area contributed by atoms with Crippen LogP contribution in [0.4, 0.5) is 11.4 Å². The number of carbonyl (C=O) groups excluding carboxylic acids is 1. The van der Waals surface area contributed by atoms with Crippen molar-refractivity contribution in [2.24, 2.45) is 0 Å². The van der Waals surface area contributed by atoms with Crippen molar-refractivity contribution >= 4 is 27.3 Å². The first-order chi connectivity index (χ1) is 18.8. The van der Waals surface area contributed by atoms with Crippen molar-refractivity contribution in [2.45, 2.75) is 69.6 Å². The van der Waals surface area contributed by atoms with Gasteiger partial charge in [0.05, 0.1) is 30.5 Å². The van der Waals surface area contributed by atoms with E-state index < -0.39 is 10.0 Å². The fourth-order valence-corrected chi connectivity index (χ4v) is 6.15. The molecule has 2 aromatic carbocycles. The quantitative estimate of drug-likeness (QED) is 0.260. The van der Waals surface area contributed by atoms with Crippen LogP contribution in [0.5, 0.6) is 11.5 Å². The second-order valence-corrected chi connectivity index (χ2v) is 12.1. The van der Waals surface area contributed by atoms with Gasteiger partial charge in [-0.2, -0.15) is 0 Å². The molecule has 0 atom stereocenters. The van der Waals surface area contributed by atoms with Gasteiger partial charge in [0.25, 0.3) is 10.0 Å². The van der Waals surface area contributed by atoms with Gasteiger partial charge in [-0.25, -0.2) is 8.42 Å². The summed E-state index contributed by atoms with van der Waals surface area (Å²) in [5.74, 6) is 1.48. The van der Waals surface area contributed by atoms with Crippen LogP contribution in [-0.4, -0.2) is 66.7 Å². The van der Waals surface area contributed by atoms with Gasteiger partial charge in [-0.3, -0.25) is 9.10 Å². The van der Waals surface area contributed by atoms with E-state index in [-0.39, 0.29) is 10.8 Å². The Balaban J connectivity index is 1.58. The molecule has 216 valence electrons. The zero-order valence-electron chi connectivity index (χ0n) is 24.0. The summed E-state index contributed by atoms with van der Waals surface area (Å²) < 4.78 is 38.9. The molecule has 0 saturated carbocycles. The van der Waals surface area contributed by atoms with Gasteiger partial charge in [0.1, 0.15) is 11.5 Å². The number of piperazine rings is 1. The molecule has 1 saturated heterocycles. The number of amides is 1. The highest BCUT2D eigenvalue weighted by molar-refractivity contribution is 7.92. The topological polar surface area (TPSA) is 79.4 Å². The van der Waals surface area contributed by atoms with Gasteiger partial charge in [-0.05, 0) is 48.9 Å². The number of ether oxygens (including phenoxy) is 2. The lowest BCUT2D eigenvalue weighted by Gasteiger charge is -2.37. The molecule has 3 rings (SSSR count). The van der Waals surface area contributed by atoms with E-state index in [9.17, 15) is 13.2 Å². The second-order valence-electron chi connectivity index (χ2n) is 10.1. The van der Waals surface area contributed by atoms with Crippen LogP contribution in [0.1, 0.15) is 64.7 Å². The number of hydrogen-bond acceptors (Lipinski definition) is 6. The molecule has 8 nitrogen and oxygen atoms in total. The van der Waals surface area contributed by atoms with Gasteiger partial charge in [0.2, 0.25) is 5.91 Å². The largest absolute Gasteiger partial charge is 0.497 e. The number of anilines is 2. The Morgan fingerprint density at radius 2 is 1.46 bits per heavy atom. The SMILES string of the molecule is CCCCCCCCCCC(=O)N1CCN(c2cc(S(=O)(=O)N(C)c3ccc(OC)cc3)ccc2OC)CC1. The van der Waals surface area contributed by atoms with Crippen LogP contribution in [0.15, 0.2) is 47.4 Å². The Labute approximate surface area is 234 Å². The third-order valence-corrected chi connectivity index (χ3v) is 9.24. The molecule has 1 heterocycles. The molecule has 0 radical (unpaired) electrons. The number of hydrogen-bond donors (Lipinski definition) is 0. The molecule has 0 aliphatic carbocycles. The molecule has 0 aromatic heterocycles. The summed E-state index contributed by atoms with van der Waals surface area (Å²) in [6.45, 7) is 4.70. The predicted molar refractivity (Wildman–Crippen MR) is 158 cm³/mol. The van der Waals surface area contributed by atoms with Crippen LogP contribution in [0.2, 0.25) is 0 Å². The maximum Gasteiger partial charge on any atom is 0.264 e. The summed E-state index contributed by atoms with van der Waals surface area (Å²) >= 11 is 0. The maximum absolute atomic E-state index is 13.5. The highest BCUT2D eigenvalue weighted by Gasteiger charge is 2.27. The normalized spacial score (nSPS) is 13.8. The van der Waals surface area contributed by atoms with Crippen molar-refractivity contribution in [1.29, 1.82) is 0 Å². The summed E-state index contributed by atoms with van der Waals surface area (Å²) in [6.07, 6.45) is 10.3. The van der Waals surface area contributed by atoms with Crippen molar-refractivity contribution in [3.05, 3.63) is 42.5 Å². The van der Waals surface area contributed by atoms with Gasteiger partial charge in [0.15, 0.2) is 0 Å². The number of unbranched alkanes of at least 4 members (excludes halogenated alkanes) is 7. The highest BCUT2D eigenvalue weighted by Crippen LogP contribution is 2.34. The first-order valence-corrected chi connectivity index (χ1v) is 15.6. The molecular formula is C30H45N3O5S. The standard InChI is InChI=1S/C30H45N3O5S/c1-5-6-7-8-9-10-11-12-13-30(34)33-22-20-32(21-23-33)28-24-27(18-19-29(28)38-4)39(35,36)31(2)25-14-16-26(37-3)17-15-25/h14-19,24H,5-13,20-23H2,1-4H3. The summed E-state index contributed by atoms with van der Waals surface area (Å²) in [7, 11) is 0.896. The zero-order valence-corrected chi connectivity index (χ0v) is 24.8. The number of benzene rings is 2. The van der Waals surface area contributed by atoms with Crippen molar-refractivity contribution in [1.82, 2.24) is 4.90 Å². The number of nitrogens with zero attached hydrogens (tertiary/aromatic N) is 3. The van der Waals surface area contributed by atoms with Crippen LogP contribution >= 0.6 is 0 Å². The van der Waals surface area contributed by atoms with Gasteiger partial charge in [0, 0.05) is 39.6 Å². The smallest absolute Gasteiger partial charge is 0.264 e. The van der Waals surface area contributed by atoms with Crippen LogP contribution in [-0.2, 0) is 14.8 Å². The zero-order chi connectivity index (χ0) is 28.3. The molecule has 1 aliphatic heterocycles. The summed E-state index contributed by atoms with van der Waals surface area (Å²) in [5, 5.41) is 0. The van der Waals surface area contributed by atoms with Gasteiger partial charge in [-0.15, -0.1) is 0 Å². The van der Waals surface area contributed by atoms with E-state index in [0.717, 1.165) is 18.5 Å². The maximum atomic E-state index is 13.5. The van der Waals surface area contributed by atoms with E-state index in [1.54, 1.807) is 56.7 Å². The molecule has 2 aromatic rings. The van der Waals surface area contributed by atoms with Crippen molar-refractivity contribution in [3.63, 3.8) is 0 Å². The molecule has 1 fully saturated rings. The number of rotatable bonds is 15. The Hall–Kier alpha value is -2.94. The summed E-state index contributed by atoms with van der Waals surface area (Å²) in [5.41, 5.74) is 1.26. The average Bonchev–Trinajstić information content (AvgIpc) is 2.97. The molecule has 1 aliphatic rings. The molecule has 0 bridgehead atoms. The second kappa shape index (κ2) is 15.0. The number of carbonyl (C=O) groups is 1. The van der Waals surface area contributed by atoms with Crippen LogP contribution in [0.3, 0.4) is 0 Å². The van der Waals surface area contributed by atoms with Crippen LogP contribution < -0.4 is 18.7 Å². The third kappa shape index (κ3) is 8.27. The van der Waals surface area contributed by atoms with Crippen LogP contribution in [0, 0.1) is 0 Å². The molecule has 0 N–H and O–H groups in total. The molecule has 0 unspecified atom stereocenters. The molecule has 9 heteroatoms. The van der Waals surface area contributed by atoms with Gasteiger partial charge < -0.3 is 19.3 Å². The fourth-order valence-electron chi connectivity index (χ4n) is 4.93. The van der Waals surface area contributed by atoms with Gasteiger partial charge in [-0.1, -0.05) is 51.9 Å². The lowest BCUT2D eigenvalue weighted by atomic mass is 10.1. The predicted octanol–water partition coefficient (Wildman–Crippen LogP) is 5.71. The lowest BCUT2D eigenvalue weighted by molar-refractivity contribution is -0.131. The minimum Gasteiger partial charge on any atom is -0.497 e. The average molecular weight is 560 g/mol. The Kier molecular flexibility index (Phi) is 11.8. The van der Waals surface area contributed by atoms with Gasteiger partial charge >= 0.3 is 0 Å². The van der Waals surface area contributed by atoms with E-state index >= 15 is 0 Å². The van der Waals surface area contributed by atoms with E-state index in [1.807, 2.05) is 4.90 Å². The number of methoxy groups -OCH3 is 2. The molecular weight excluding hydrogens is 514 g/mol. The molecule has 0 spiro atoms. The van der Waals surface area contributed by atoms with Crippen molar-refractivity contribution in [3.8, 4) is 11.5 Å². The Bertz CT molecular complexity index is 1150. The van der Waals surface area contributed by atoms with E-state index in [2.05, 4.69) is 11.8 Å². The third-order valence-electron chi connectivity index (χ3n) is 7.46. The molecule has 39 heavy (non-hydrogen) atoms. The highest BCUT2D eigenvalue weighted by atomic mass is 32.2. The summed E-state index contributed by atoms with van der Waals surface area (Å²) in [6, 6.07) is 11.8. The lowest BCUT2D eigenvalue weighted by Crippen LogP contribution is -2.48. The Morgan fingerprint density at radius 1 is 0.846 bits per heavy atom. The first kappa shape index (κ1) is 30.6. The van der Waals surface area contributed by atoms with Crippen molar-refractivity contribution in [2.75, 3.05) is 56.7 Å². The molecule has 1 amide bonds. The van der Waals surface area contributed by atoms with Crippen molar-refractivity contribution < 1.29 is 22.7 Å². The van der Waals surface area contributed by atoms with E-state index in [0.29, 0.717) is 49.8 Å². The minimum atomic E-state index is -3.80. The number of sulfonamides is 1. The first-order valence-electron chi connectivity index (χ1n) is 14.2. The van der Waals surface area contributed by atoms with E-state index in [4.69, 9.17) is 9.47 Å². The Morgan fingerprint density at radius 3 is 2.05 bits per heavy atom. The summed E-state index contributed by atoms with van der Waals surface area (Å²) in [4.78, 5) is 17.0. The van der Waals surface area contributed by atoms with E-state index in [1.165, 1.54) is 49.9 Å². The van der Waals surface area contributed by atoms with Crippen LogP contribution in [0.25, 0.3) is 0 Å². The monoisotopic (exact) mass is 559 g/mol. The minimum absolute atomic E-state index is 0.185.